The number of ether oxygens (including phenoxy) is 2. The molecule has 118 valence electrons. The molecule has 0 heterocycles. The molecule has 0 bridgehead atoms. The minimum absolute atomic E-state index is 0.0309. The normalized spacial score (nSPS) is 11.8. The molecule has 1 aromatic rings. The van der Waals surface area contributed by atoms with Crippen LogP contribution in [0.2, 0.25) is 0 Å². The Bertz CT molecular complexity index is 449. The fourth-order valence-electron chi connectivity index (χ4n) is 1.97. The van der Waals surface area contributed by atoms with Gasteiger partial charge in [0, 0.05) is 24.7 Å². The second-order valence-electron chi connectivity index (χ2n) is 4.85. The first-order valence-corrected chi connectivity index (χ1v) is 7.37. The molecule has 1 amide bonds. The summed E-state index contributed by atoms with van der Waals surface area (Å²) >= 11 is 0. The van der Waals surface area contributed by atoms with E-state index in [1.54, 1.807) is 14.2 Å². The van der Waals surface area contributed by atoms with E-state index in [2.05, 4.69) is 24.5 Å². The summed E-state index contributed by atoms with van der Waals surface area (Å²) in [6, 6.07) is 5.97. The van der Waals surface area contributed by atoms with Crippen LogP contribution >= 0.6 is 0 Å². The van der Waals surface area contributed by atoms with Crippen LogP contribution in [-0.2, 0) is 4.79 Å². The predicted octanol–water partition coefficient (Wildman–Crippen LogP) is 2.27. The van der Waals surface area contributed by atoms with Gasteiger partial charge in [-0.2, -0.15) is 0 Å². The predicted molar refractivity (Wildman–Crippen MR) is 83.9 cm³/mol. The molecule has 0 saturated heterocycles. The van der Waals surface area contributed by atoms with Crippen molar-refractivity contribution in [2.45, 2.75) is 32.7 Å². The Kier molecular flexibility index (Phi) is 7.61. The van der Waals surface area contributed by atoms with Crippen molar-refractivity contribution in [1.29, 1.82) is 0 Å². The summed E-state index contributed by atoms with van der Waals surface area (Å²) in [4.78, 5) is 11.3. The first kappa shape index (κ1) is 17.3. The van der Waals surface area contributed by atoms with Gasteiger partial charge in [0.05, 0.1) is 20.1 Å². The number of rotatable bonds is 9. The highest BCUT2D eigenvalue weighted by Gasteiger charge is 2.13. The largest absolute Gasteiger partial charge is 0.497 e. The third-order valence-corrected chi connectivity index (χ3v) is 3.25. The van der Waals surface area contributed by atoms with Crippen molar-refractivity contribution < 1.29 is 14.3 Å². The molecular weight excluding hydrogens is 268 g/mol. The van der Waals surface area contributed by atoms with Crippen molar-refractivity contribution in [2.75, 3.05) is 27.3 Å². The number of nitrogens with one attached hydrogen (secondary N) is 2. The molecule has 0 aliphatic rings. The molecule has 0 aliphatic heterocycles. The molecule has 1 atom stereocenters. The lowest BCUT2D eigenvalue weighted by Crippen LogP contribution is -2.22. The van der Waals surface area contributed by atoms with Gasteiger partial charge in [-0.05, 0) is 26.0 Å². The van der Waals surface area contributed by atoms with Crippen LogP contribution in [0.4, 0.5) is 0 Å². The maximum Gasteiger partial charge on any atom is 0.223 e. The highest BCUT2D eigenvalue weighted by molar-refractivity contribution is 5.75. The van der Waals surface area contributed by atoms with Crippen molar-refractivity contribution in [2.24, 2.45) is 0 Å². The second kappa shape index (κ2) is 9.23. The summed E-state index contributed by atoms with van der Waals surface area (Å²) in [5, 5.41) is 6.02. The van der Waals surface area contributed by atoms with Crippen molar-refractivity contribution in [3.05, 3.63) is 23.8 Å². The van der Waals surface area contributed by atoms with Crippen molar-refractivity contribution >= 4 is 5.91 Å². The third kappa shape index (κ3) is 5.63. The van der Waals surface area contributed by atoms with Gasteiger partial charge in [-0.3, -0.25) is 4.79 Å². The Balaban J connectivity index is 2.78. The Morgan fingerprint density at radius 3 is 2.76 bits per heavy atom. The summed E-state index contributed by atoms with van der Waals surface area (Å²) in [5.41, 5.74) is 1.07. The van der Waals surface area contributed by atoms with E-state index >= 15 is 0 Å². The van der Waals surface area contributed by atoms with E-state index in [0.717, 1.165) is 30.0 Å². The molecule has 1 aromatic carbocycles. The van der Waals surface area contributed by atoms with Gasteiger partial charge in [0.2, 0.25) is 5.91 Å². The fraction of sp³-hybridized carbons (Fsp3) is 0.562. The maximum absolute atomic E-state index is 11.3. The lowest BCUT2D eigenvalue weighted by Gasteiger charge is -2.19. The number of carbonyl (C=O) groups excluding carboxylic acids is 1. The lowest BCUT2D eigenvalue weighted by molar-refractivity contribution is -0.121. The Morgan fingerprint density at radius 2 is 2.14 bits per heavy atom. The smallest absolute Gasteiger partial charge is 0.223 e. The van der Waals surface area contributed by atoms with E-state index in [0.29, 0.717) is 13.0 Å². The SMILES string of the molecule is CCCNC(C)c1ccc(OC)cc1OCCC(=O)NC. The number of hydrogen-bond acceptors (Lipinski definition) is 4. The highest BCUT2D eigenvalue weighted by atomic mass is 16.5. The summed E-state index contributed by atoms with van der Waals surface area (Å²) < 4.78 is 11.0. The minimum atomic E-state index is -0.0309. The minimum Gasteiger partial charge on any atom is -0.497 e. The van der Waals surface area contributed by atoms with Crippen molar-refractivity contribution in [3.8, 4) is 11.5 Å². The van der Waals surface area contributed by atoms with Crippen LogP contribution < -0.4 is 20.1 Å². The molecular formula is C16H26N2O3. The molecule has 0 saturated carbocycles. The van der Waals surface area contributed by atoms with Crippen LogP contribution in [-0.4, -0.2) is 33.2 Å². The van der Waals surface area contributed by atoms with E-state index in [1.807, 2.05) is 18.2 Å². The summed E-state index contributed by atoms with van der Waals surface area (Å²) in [5.74, 6) is 1.47. The quantitative estimate of drug-likeness (QED) is 0.733. The molecule has 5 nitrogen and oxygen atoms in total. The topological polar surface area (TPSA) is 59.6 Å². The van der Waals surface area contributed by atoms with Gasteiger partial charge in [0.25, 0.3) is 0 Å². The molecule has 1 unspecified atom stereocenters. The third-order valence-electron chi connectivity index (χ3n) is 3.25. The monoisotopic (exact) mass is 294 g/mol. The Morgan fingerprint density at radius 1 is 1.38 bits per heavy atom. The van der Waals surface area contributed by atoms with Crippen LogP contribution in [0.1, 0.15) is 38.3 Å². The summed E-state index contributed by atoms with van der Waals surface area (Å²) in [6.07, 6.45) is 1.41. The van der Waals surface area contributed by atoms with E-state index in [9.17, 15) is 4.79 Å². The number of carbonyl (C=O) groups is 1. The molecule has 0 radical (unpaired) electrons. The molecule has 1 rings (SSSR count). The lowest BCUT2D eigenvalue weighted by atomic mass is 10.1. The van der Waals surface area contributed by atoms with Gasteiger partial charge in [0.1, 0.15) is 11.5 Å². The molecule has 0 fully saturated rings. The molecule has 0 aliphatic carbocycles. The van der Waals surface area contributed by atoms with Crippen molar-refractivity contribution in [3.63, 3.8) is 0 Å². The zero-order chi connectivity index (χ0) is 15.7. The molecule has 21 heavy (non-hydrogen) atoms. The molecule has 0 aromatic heterocycles. The van der Waals surface area contributed by atoms with E-state index in [-0.39, 0.29) is 11.9 Å². The first-order chi connectivity index (χ1) is 10.1. The van der Waals surface area contributed by atoms with Crippen LogP contribution in [0.5, 0.6) is 11.5 Å². The zero-order valence-electron chi connectivity index (χ0n) is 13.4. The van der Waals surface area contributed by atoms with Crippen molar-refractivity contribution in [1.82, 2.24) is 10.6 Å². The van der Waals surface area contributed by atoms with E-state index in [4.69, 9.17) is 9.47 Å². The van der Waals surface area contributed by atoms with E-state index in [1.165, 1.54) is 0 Å². The van der Waals surface area contributed by atoms with Crippen LogP contribution in [0.15, 0.2) is 18.2 Å². The Hall–Kier alpha value is -1.75. The average molecular weight is 294 g/mol. The zero-order valence-corrected chi connectivity index (χ0v) is 13.4. The van der Waals surface area contributed by atoms with Crippen LogP contribution in [0.3, 0.4) is 0 Å². The van der Waals surface area contributed by atoms with Gasteiger partial charge in [-0.15, -0.1) is 0 Å². The number of methoxy groups -OCH3 is 1. The molecule has 2 N–H and O–H groups in total. The maximum atomic E-state index is 11.3. The number of hydrogen-bond donors (Lipinski definition) is 2. The molecule has 5 heteroatoms. The summed E-state index contributed by atoms with van der Waals surface area (Å²) in [6.45, 7) is 5.53. The van der Waals surface area contributed by atoms with Gasteiger partial charge in [0.15, 0.2) is 0 Å². The summed E-state index contributed by atoms with van der Waals surface area (Å²) in [7, 11) is 3.25. The standard InChI is InChI=1S/C16H26N2O3/c1-5-9-18-12(2)14-7-6-13(20-4)11-15(14)21-10-8-16(19)17-3/h6-7,11-12,18H,5,8-10H2,1-4H3,(H,17,19). The number of amides is 1. The van der Waals surface area contributed by atoms with Gasteiger partial charge in [-0.25, -0.2) is 0 Å². The average Bonchev–Trinajstić information content (AvgIpc) is 2.52. The number of benzene rings is 1. The Labute approximate surface area is 127 Å². The van der Waals surface area contributed by atoms with Gasteiger partial charge >= 0.3 is 0 Å². The highest BCUT2D eigenvalue weighted by Crippen LogP contribution is 2.29. The van der Waals surface area contributed by atoms with E-state index < -0.39 is 0 Å². The van der Waals surface area contributed by atoms with Crippen LogP contribution in [0, 0.1) is 0 Å². The second-order valence-corrected chi connectivity index (χ2v) is 4.85. The fourth-order valence-corrected chi connectivity index (χ4v) is 1.97. The van der Waals surface area contributed by atoms with Crippen LogP contribution in [0.25, 0.3) is 0 Å². The first-order valence-electron chi connectivity index (χ1n) is 7.37. The van der Waals surface area contributed by atoms with Gasteiger partial charge in [-0.1, -0.05) is 13.0 Å². The van der Waals surface area contributed by atoms with Gasteiger partial charge < -0.3 is 20.1 Å². The molecule has 0 spiro atoms.